The van der Waals surface area contributed by atoms with Crippen LogP contribution >= 0.6 is 0 Å². The molecule has 0 spiro atoms. The van der Waals surface area contributed by atoms with Crippen LogP contribution in [-0.4, -0.2) is 13.7 Å². The Morgan fingerprint density at radius 3 is 2.52 bits per heavy atom. The molecule has 1 N–H and O–H groups in total. The number of nitrogens with one attached hydrogen (secondary N) is 1. The van der Waals surface area contributed by atoms with Crippen molar-refractivity contribution in [3.8, 4) is 17.6 Å². The standard InChI is InChI=1S/C17H18N2O2/c1-13(19-16-5-3-4-6-17(16)20-2)14-7-9-15(10-8-14)21-12-11-18/h3-10,13,19H,12H2,1-2H3. The second kappa shape index (κ2) is 7.20. The smallest absolute Gasteiger partial charge is 0.174 e. The molecule has 108 valence electrons. The van der Waals surface area contributed by atoms with E-state index in [1.54, 1.807) is 7.11 Å². The van der Waals surface area contributed by atoms with E-state index in [0.29, 0.717) is 5.75 Å². The van der Waals surface area contributed by atoms with Gasteiger partial charge in [0, 0.05) is 6.04 Å². The molecule has 0 radical (unpaired) electrons. The fourth-order valence-electron chi connectivity index (χ4n) is 2.05. The first-order valence-corrected chi connectivity index (χ1v) is 6.74. The number of nitriles is 1. The molecule has 0 aliphatic rings. The lowest BCUT2D eigenvalue weighted by molar-refractivity contribution is 0.368. The topological polar surface area (TPSA) is 54.3 Å². The first kappa shape index (κ1) is 14.7. The van der Waals surface area contributed by atoms with Gasteiger partial charge in [-0.2, -0.15) is 5.26 Å². The quantitative estimate of drug-likeness (QED) is 0.876. The van der Waals surface area contributed by atoms with Gasteiger partial charge < -0.3 is 14.8 Å². The van der Waals surface area contributed by atoms with Crippen LogP contribution in [0.1, 0.15) is 18.5 Å². The number of ether oxygens (including phenoxy) is 2. The molecule has 0 amide bonds. The third-order valence-electron chi connectivity index (χ3n) is 3.16. The van der Waals surface area contributed by atoms with Crippen LogP contribution in [0.3, 0.4) is 0 Å². The van der Waals surface area contributed by atoms with E-state index in [-0.39, 0.29) is 12.6 Å². The number of rotatable bonds is 6. The molecule has 0 fully saturated rings. The molecule has 21 heavy (non-hydrogen) atoms. The summed E-state index contributed by atoms with van der Waals surface area (Å²) in [7, 11) is 1.66. The molecule has 0 aromatic heterocycles. The zero-order valence-electron chi connectivity index (χ0n) is 12.2. The maximum atomic E-state index is 8.49. The van der Waals surface area contributed by atoms with E-state index >= 15 is 0 Å². The van der Waals surface area contributed by atoms with Gasteiger partial charge in [0.15, 0.2) is 6.61 Å². The Morgan fingerprint density at radius 2 is 1.86 bits per heavy atom. The average Bonchev–Trinajstić information content (AvgIpc) is 2.54. The Hall–Kier alpha value is -2.67. The van der Waals surface area contributed by atoms with Crippen LogP contribution < -0.4 is 14.8 Å². The normalized spacial score (nSPS) is 11.3. The summed E-state index contributed by atoms with van der Waals surface area (Å²) in [5.74, 6) is 1.52. The van der Waals surface area contributed by atoms with Crippen molar-refractivity contribution in [2.24, 2.45) is 0 Å². The molecule has 4 heteroatoms. The highest BCUT2D eigenvalue weighted by molar-refractivity contribution is 5.57. The minimum absolute atomic E-state index is 0.0639. The van der Waals surface area contributed by atoms with E-state index in [9.17, 15) is 0 Å². The highest BCUT2D eigenvalue weighted by Gasteiger charge is 2.08. The summed E-state index contributed by atoms with van der Waals surface area (Å²) in [6.07, 6.45) is 0. The minimum atomic E-state index is 0.0639. The van der Waals surface area contributed by atoms with Crippen molar-refractivity contribution >= 4 is 5.69 Å². The number of hydrogen-bond donors (Lipinski definition) is 1. The summed E-state index contributed by atoms with van der Waals surface area (Å²) in [6.45, 7) is 2.14. The lowest BCUT2D eigenvalue weighted by Crippen LogP contribution is -2.07. The number of anilines is 1. The predicted molar refractivity (Wildman–Crippen MR) is 82.6 cm³/mol. The van der Waals surface area contributed by atoms with Crippen molar-refractivity contribution in [3.63, 3.8) is 0 Å². The van der Waals surface area contributed by atoms with Gasteiger partial charge in [-0.05, 0) is 36.8 Å². The molecule has 2 aromatic rings. The highest BCUT2D eigenvalue weighted by atomic mass is 16.5. The van der Waals surface area contributed by atoms with Crippen LogP contribution in [0.5, 0.6) is 11.5 Å². The summed E-state index contributed by atoms with van der Waals surface area (Å²) < 4.78 is 10.6. The SMILES string of the molecule is COc1ccccc1NC(C)c1ccc(OCC#N)cc1. The van der Waals surface area contributed by atoms with Crippen LogP contribution in [-0.2, 0) is 0 Å². The molecule has 0 saturated carbocycles. The van der Waals surface area contributed by atoms with Crippen LogP contribution in [0, 0.1) is 11.3 Å². The molecule has 1 unspecified atom stereocenters. The van der Waals surface area contributed by atoms with Crippen LogP contribution in [0.2, 0.25) is 0 Å². The van der Waals surface area contributed by atoms with E-state index in [1.165, 1.54) is 0 Å². The second-order valence-electron chi connectivity index (χ2n) is 4.58. The van der Waals surface area contributed by atoms with Gasteiger partial charge >= 0.3 is 0 Å². The molecule has 4 nitrogen and oxygen atoms in total. The van der Waals surface area contributed by atoms with Gasteiger partial charge in [-0.25, -0.2) is 0 Å². The Morgan fingerprint density at radius 1 is 1.14 bits per heavy atom. The Kier molecular flexibility index (Phi) is 5.05. The predicted octanol–water partition coefficient (Wildman–Crippen LogP) is 3.77. The van der Waals surface area contributed by atoms with Crippen molar-refractivity contribution in [1.82, 2.24) is 0 Å². The lowest BCUT2D eigenvalue weighted by atomic mass is 10.1. The largest absolute Gasteiger partial charge is 0.495 e. The maximum Gasteiger partial charge on any atom is 0.174 e. The number of hydrogen-bond acceptors (Lipinski definition) is 4. The van der Waals surface area contributed by atoms with Crippen LogP contribution in [0.4, 0.5) is 5.69 Å². The first-order chi connectivity index (χ1) is 10.2. The number of para-hydroxylation sites is 2. The minimum Gasteiger partial charge on any atom is -0.495 e. The zero-order valence-corrected chi connectivity index (χ0v) is 12.2. The van der Waals surface area contributed by atoms with Crippen LogP contribution in [0.25, 0.3) is 0 Å². The summed E-state index contributed by atoms with van der Waals surface area (Å²) >= 11 is 0. The fraction of sp³-hybridized carbons (Fsp3) is 0.235. The summed E-state index contributed by atoms with van der Waals surface area (Å²) in [5, 5.41) is 11.9. The van der Waals surface area contributed by atoms with Gasteiger partial charge in [-0.15, -0.1) is 0 Å². The number of benzene rings is 2. The van der Waals surface area contributed by atoms with Gasteiger partial charge in [0.25, 0.3) is 0 Å². The molecular weight excluding hydrogens is 264 g/mol. The Balaban J connectivity index is 2.06. The van der Waals surface area contributed by atoms with Crippen molar-refractivity contribution in [2.45, 2.75) is 13.0 Å². The van der Waals surface area contributed by atoms with Gasteiger partial charge in [0.1, 0.15) is 17.6 Å². The molecule has 0 heterocycles. The van der Waals surface area contributed by atoms with Crippen LogP contribution in [0.15, 0.2) is 48.5 Å². The van der Waals surface area contributed by atoms with E-state index in [4.69, 9.17) is 14.7 Å². The van der Waals surface area contributed by atoms with Crippen molar-refractivity contribution in [1.29, 1.82) is 5.26 Å². The molecule has 2 rings (SSSR count). The van der Waals surface area contributed by atoms with Gasteiger partial charge in [-0.3, -0.25) is 0 Å². The summed E-state index contributed by atoms with van der Waals surface area (Å²) in [4.78, 5) is 0. The zero-order chi connectivity index (χ0) is 15.1. The fourth-order valence-corrected chi connectivity index (χ4v) is 2.05. The molecule has 0 bridgehead atoms. The third kappa shape index (κ3) is 3.90. The van der Waals surface area contributed by atoms with Gasteiger partial charge in [-0.1, -0.05) is 24.3 Å². The van der Waals surface area contributed by atoms with Crippen molar-refractivity contribution in [3.05, 3.63) is 54.1 Å². The second-order valence-corrected chi connectivity index (χ2v) is 4.58. The molecule has 1 atom stereocenters. The van der Waals surface area contributed by atoms with Gasteiger partial charge in [0.05, 0.1) is 12.8 Å². The Labute approximate surface area is 124 Å². The van der Waals surface area contributed by atoms with E-state index < -0.39 is 0 Å². The monoisotopic (exact) mass is 282 g/mol. The van der Waals surface area contributed by atoms with E-state index in [0.717, 1.165) is 17.0 Å². The summed E-state index contributed by atoms with van der Waals surface area (Å²) in [5.41, 5.74) is 2.09. The van der Waals surface area contributed by atoms with E-state index in [2.05, 4.69) is 12.2 Å². The van der Waals surface area contributed by atoms with Crippen molar-refractivity contribution in [2.75, 3.05) is 19.0 Å². The molecule has 0 aliphatic heterocycles. The maximum absolute atomic E-state index is 8.49. The average molecular weight is 282 g/mol. The molecule has 0 saturated heterocycles. The summed E-state index contributed by atoms with van der Waals surface area (Å²) in [6, 6.07) is 17.6. The Bertz CT molecular complexity index is 617. The number of methoxy groups -OCH3 is 1. The highest BCUT2D eigenvalue weighted by Crippen LogP contribution is 2.28. The first-order valence-electron chi connectivity index (χ1n) is 6.74. The van der Waals surface area contributed by atoms with Gasteiger partial charge in [0.2, 0.25) is 0 Å². The molecule has 0 aliphatic carbocycles. The number of nitrogens with zero attached hydrogens (tertiary/aromatic N) is 1. The third-order valence-corrected chi connectivity index (χ3v) is 3.16. The lowest BCUT2D eigenvalue weighted by Gasteiger charge is -2.18. The molecule has 2 aromatic carbocycles. The van der Waals surface area contributed by atoms with E-state index in [1.807, 2.05) is 54.6 Å². The van der Waals surface area contributed by atoms with Crippen molar-refractivity contribution < 1.29 is 9.47 Å². The molecular formula is C17H18N2O2.